The molecule has 0 rings (SSSR count). The molecule has 0 saturated heterocycles. The second kappa shape index (κ2) is 7.65. The van der Waals surface area contributed by atoms with E-state index in [1.54, 1.807) is 6.92 Å². The zero-order valence-electron chi connectivity index (χ0n) is 10.3. The Morgan fingerprint density at radius 1 is 1.33 bits per heavy atom. The van der Waals surface area contributed by atoms with Crippen LogP contribution in [0.3, 0.4) is 0 Å². The quantitative estimate of drug-likeness (QED) is 0.598. The Morgan fingerprint density at radius 2 is 1.93 bits per heavy atom. The maximum Gasteiger partial charge on any atom is 0.320 e. The first kappa shape index (κ1) is 14.4. The summed E-state index contributed by atoms with van der Waals surface area (Å²) in [5.74, 6) is -0.783. The molecule has 0 aliphatic heterocycles. The molecular formula is C11H24N2O2. The van der Waals surface area contributed by atoms with Gasteiger partial charge in [-0.25, -0.2) is 0 Å². The van der Waals surface area contributed by atoms with Crippen molar-refractivity contribution in [1.82, 2.24) is 10.2 Å². The third-order valence-electron chi connectivity index (χ3n) is 2.64. The van der Waals surface area contributed by atoms with Gasteiger partial charge in [0.05, 0.1) is 0 Å². The molecule has 0 aromatic rings. The Balaban J connectivity index is 3.36. The molecule has 0 bridgehead atoms. The number of carbonyl (C=O) groups is 1. The summed E-state index contributed by atoms with van der Waals surface area (Å²) in [5, 5.41) is 11.6. The van der Waals surface area contributed by atoms with E-state index in [1.807, 2.05) is 0 Å². The molecule has 0 aromatic heterocycles. The van der Waals surface area contributed by atoms with E-state index in [1.165, 1.54) is 0 Å². The largest absolute Gasteiger partial charge is 0.480 e. The zero-order chi connectivity index (χ0) is 11.8. The molecule has 0 spiro atoms. The number of nitrogens with zero attached hydrogens (tertiary/aromatic N) is 1. The van der Waals surface area contributed by atoms with Gasteiger partial charge in [0, 0.05) is 6.04 Å². The lowest BCUT2D eigenvalue weighted by molar-refractivity contribution is -0.138. The molecule has 0 aliphatic rings. The van der Waals surface area contributed by atoms with Crippen LogP contribution in [0.5, 0.6) is 0 Å². The molecule has 0 aromatic carbocycles. The minimum atomic E-state index is -0.783. The summed E-state index contributed by atoms with van der Waals surface area (Å²) < 4.78 is 0. The van der Waals surface area contributed by atoms with Crippen LogP contribution in [-0.2, 0) is 4.79 Å². The topological polar surface area (TPSA) is 52.6 Å². The fourth-order valence-corrected chi connectivity index (χ4v) is 1.15. The van der Waals surface area contributed by atoms with E-state index in [9.17, 15) is 4.79 Å². The molecule has 90 valence electrons. The maximum absolute atomic E-state index is 10.5. The molecule has 0 amide bonds. The van der Waals surface area contributed by atoms with Crippen molar-refractivity contribution in [2.45, 2.75) is 45.7 Å². The molecule has 2 N–H and O–H groups in total. The molecule has 1 atom stereocenters. The van der Waals surface area contributed by atoms with Gasteiger partial charge in [0.1, 0.15) is 6.04 Å². The minimum Gasteiger partial charge on any atom is -0.480 e. The maximum atomic E-state index is 10.5. The number of carboxylic acids is 1. The van der Waals surface area contributed by atoms with Gasteiger partial charge in [-0.1, -0.05) is 0 Å². The first-order valence-corrected chi connectivity index (χ1v) is 5.61. The summed E-state index contributed by atoms with van der Waals surface area (Å²) >= 11 is 0. The molecule has 15 heavy (non-hydrogen) atoms. The highest BCUT2D eigenvalue weighted by molar-refractivity contribution is 5.72. The molecule has 0 saturated carbocycles. The molecular weight excluding hydrogens is 192 g/mol. The van der Waals surface area contributed by atoms with E-state index in [2.05, 4.69) is 31.1 Å². The van der Waals surface area contributed by atoms with Crippen LogP contribution in [0.1, 0.15) is 33.6 Å². The summed E-state index contributed by atoms with van der Waals surface area (Å²) in [5.41, 5.74) is 0. The van der Waals surface area contributed by atoms with Gasteiger partial charge in [-0.3, -0.25) is 4.79 Å². The SMILES string of the molecule is CC(NCCCCN(C)C(C)C)C(=O)O. The highest BCUT2D eigenvalue weighted by atomic mass is 16.4. The van der Waals surface area contributed by atoms with Gasteiger partial charge < -0.3 is 15.3 Å². The van der Waals surface area contributed by atoms with Crippen LogP contribution in [-0.4, -0.2) is 48.2 Å². The number of hydrogen-bond donors (Lipinski definition) is 2. The summed E-state index contributed by atoms with van der Waals surface area (Å²) in [6.45, 7) is 7.86. The van der Waals surface area contributed by atoms with Gasteiger partial charge in [0.2, 0.25) is 0 Å². The first-order chi connectivity index (χ1) is 6.95. The Morgan fingerprint density at radius 3 is 2.40 bits per heavy atom. The third-order valence-corrected chi connectivity index (χ3v) is 2.64. The Bertz CT molecular complexity index is 183. The van der Waals surface area contributed by atoms with Gasteiger partial charge in [-0.2, -0.15) is 0 Å². The van der Waals surface area contributed by atoms with Crippen molar-refractivity contribution in [1.29, 1.82) is 0 Å². The number of rotatable bonds is 8. The zero-order valence-corrected chi connectivity index (χ0v) is 10.3. The lowest BCUT2D eigenvalue weighted by Gasteiger charge is -2.20. The van der Waals surface area contributed by atoms with Gasteiger partial charge in [-0.05, 0) is 53.8 Å². The predicted molar refractivity (Wildman–Crippen MR) is 62.1 cm³/mol. The molecule has 0 fully saturated rings. The minimum absolute atomic E-state index is 0.437. The highest BCUT2D eigenvalue weighted by Crippen LogP contribution is 1.97. The molecule has 4 nitrogen and oxygen atoms in total. The van der Waals surface area contributed by atoms with E-state index >= 15 is 0 Å². The van der Waals surface area contributed by atoms with Crippen molar-refractivity contribution in [2.24, 2.45) is 0 Å². The van der Waals surface area contributed by atoms with E-state index in [-0.39, 0.29) is 0 Å². The fraction of sp³-hybridized carbons (Fsp3) is 0.909. The normalized spacial score (nSPS) is 13.5. The number of carboxylic acid groups (broad SMARTS) is 1. The van der Waals surface area contributed by atoms with Crippen LogP contribution in [0.4, 0.5) is 0 Å². The Labute approximate surface area is 92.7 Å². The van der Waals surface area contributed by atoms with E-state index < -0.39 is 12.0 Å². The van der Waals surface area contributed by atoms with Crippen LogP contribution in [0.15, 0.2) is 0 Å². The number of unbranched alkanes of at least 4 members (excludes halogenated alkanes) is 1. The van der Waals surface area contributed by atoms with Crippen molar-refractivity contribution in [2.75, 3.05) is 20.1 Å². The summed E-state index contributed by atoms with van der Waals surface area (Å²) in [6, 6.07) is 0.142. The van der Waals surface area contributed by atoms with Gasteiger partial charge in [0.15, 0.2) is 0 Å². The Kier molecular flexibility index (Phi) is 7.34. The standard InChI is InChI=1S/C11H24N2O2/c1-9(2)13(4)8-6-5-7-12-10(3)11(14)15/h9-10,12H,5-8H2,1-4H3,(H,14,15). The van der Waals surface area contributed by atoms with Crippen LogP contribution in [0.2, 0.25) is 0 Å². The van der Waals surface area contributed by atoms with Gasteiger partial charge in [-0.15, -0.1) is 0 Å². The predicted octanol–water partition coefficient (Wildman–Crippen LogP) is 1.17. The molecule has 0 aliphatic carbocycles. The highest BCUT2D eigenvalue weighted by Gasteiger charge is 2.08. The Hall–Kier alpha value is -0.610. The lowest BCUT2D eigenvalue weighted by Crippen LogP contribution is -2.34. The van der Waals surface area contributed by atoms with E-state index in [0.29, 0.717) is 6.04 Å². The van der Waals surface area contributed by atoms with Crippen molar-refractivity contribution >= 4 is 5.97 Å². The van der Waals surface area contributed by atoms with Crippen molar-refractivity contribution in [3.63, 3.8) is 0 Å². The van der Waals surface area contributed by atoms with Crippen LogP contribution in [0, 0.1) is 0 Å². The lowest BCUT2D eigenvalue weighted by atomic mass is 10.2. The molecule has 1 unspecified atom stereocenters. The second-order valence-corrected chi connectivity index (χ2v) is 4.30. The second-order valence-electron chi connectivity index (χ2n) is 4.30. The van der Waals surface area contributed by atoms with Crippen LogP contribution < -0.4 is 5.32 Å². The smallest absolute Gasteiger partial charge is 0.320 e. The number of aliphatic carboxylic acids is 1. The van der Waals surface area contributed by atoms with Gasteiger partial charge >= 0.3 is 5.97 Å². The van der Waals surface area contributed by atoms with Crippen LogP contribution >= 0.6 is 0 Å². The molecule has 4 heteroatoms. The third kappa shape index (κ3) is 7.33. The summed E-state index contributed by atoms with van der Waals surface area (Å²) in [4.78, 5) is 12.8. The summed E-state index contributed by atoms with van der Waals surface area (Å²) in [6.07, 6.45) is 2.13. The summed E-state index contributed by atoms with van der Waals surface area (Å²) in [7, 11) is 2.11. The monoisotopic (exact) mass is 216 g/mol. The fourth-order valence-electron chi connectivity index (χ4n) is 1.15. The van der Waals surface area contributed by atoms with E-state index in [0.717, 1.165) is 25.9 Å². The number of hydrogen-bond acceptors (Lipinski definition) is 3. The van der Waals surface area contributed by atoms with Crippen molar-refractivity contribution < 1.29 is 9.90 Å². The average Bonchev–Trinajstić information content (AvgIpc) is 2.16. The van der Waals surface area contributed by atoms with E-state index in [4.69, 9.17) is 5.11 Å². The van der Waals surface area contributed by atoms with Crippen molar-refractivity contribution in [3.8, 4) is 0 Å². The average molecular weight is 216 g/mol. The molecule has 0 radical (unpaired) electrons. The van der Waals surface area contributed by atoms with Gasteiger partial charge in [0.25, 0.3) is 0 Å². The van der Waals surface area contributed by atoms with Crippen LogP contribution in [0.25, 0.3) is 0 Å². The molecule has 0 heterocycles. The number of nitrogens with one attached hydrogen (secondary N) is 1. The van der Waals surface area contributed by atoms with Crippen molar-refractivity contribution in [3.05, 3.63) is 0 Å². The first-order valence-electron chi connectivity index (χ1n) is 5.61.